The number of nitrogens with one attached hydrogen (secondary N) is 1. The first-order valence-corrected chi connectivity index (χ1v) is 11.2. The Morgan fingerprint density at radius 3 is 2.50 bits per heavy atom. The van der Waals surface area contributed by atoms with Gasteiger partial charge in [-0.3, -0.25) is 9.00 Å². The average Bonchev–Trinajstić information content (AvgIpc) is 2.59. The van der Waals surface area contributed by atoms with E-state index in [9.17, 15) is 18.4 Å². The summed E-state index contributed by atoms with van der Waals surface area (Å²) in [6.07, 6.45) is 14.5. The number of carbonyl (C=O) groups is 2. The van der Waals surface area contributed by atoms with E-state index >= 15 is 0 Å². The standard InChI is InChI=1S/C23H33NO5S/c1-16(11-12-19-18(3)10-7-13-23(19,4)5)8-6-9-17(2)14-21(25)24-20(22(26)27)15-30(28)29/h6,8-9,11-12,14,20H,7,10,13,15H2,1-5H3,(H,24,25)(H,26,27)(H,28,29)/p-1/b9-6+,12-11+,16-8+,17-14-/t20-/m0/s1. The zero-order valence-corrected chi connectivity index (χ0v) is 19.2. The van der Waals surface area contributed by atoms with E-state index in [1.54, 1.807) is 13.0 Å². The third-order valence-electron chi connectivity index (χ3n) is 5.05. The number of allylic oxidation sites excluding steroid dienone is 9. The highest BCUT2D eigenvalue weighted by atomic mass is 32.2. The van der Waals surface area contributed by atoms with Crippen LogP contribution in [0.5, 0.6) is 0 Å². The Morgan fingerprint density at radius 1 is 1.27 bits per heavy atom. The van der Waals surface area contributed by atoms with Gasteiger partial charge in [0.05, 0.1) is 0 Å². The topological polar surface area (TPSA) is 107 Å². The Labute approximate surface area is 181 Å². The summed E-state index contributed by atoms with van der Waals surface area (Å²) in [5, 5.41) is 11.1. The third-order valence-corrected chi connectivity index (χ3v) is 5.66. The highest BCUT2D eigenvalue weighted by molar-refractivity contribution is 7.79. The van der Waals surface area contributed by atoms with Crippen molar-refractivity contribution in [2.24, 2.45) is 5.41 Å². The molecule has 1 rings (SSSR count). The van der Waals surface area contributed by atoms with Gasteiger partial charge in [-0.1, -0.05) is 66.5 Å². The molecular formula is C23H32NO5S-. The van der Waals surface area contributed by atoms with Crippen LogP contribution in [-0.2, 0) is 20.7 Å². The molecule has 0 fully saturated rings. The molecule has 166 valence electrons. The first-order valence-electron chi connectivity index (χ1n) is 9.93. The van der Waals surface area contributed by atoms with E-state index in [4.69, 9.17) is 5.11 Å². The van der Waals surface area contributed by atoms with Crippen LogP contribution in [0.25, 0.3) is 0 Å². The summed E-state index contributed by atoms with van der Waals surface area (Å²) in [5.41, 5.74) is 4.70. The summed E-state index contributed by atoms with van der Waals surface area (Å²) in [4.78, 5) is 22.9. The lowest BCUT2D eigenvalue weighted by molar-refractivity contribution is -0.140. The van der Waals surface area contributed by atoms with Crippen LogP contribution < -0.4 is 5.32 Å². The van der Waals surface area contributed by atoms with Crippen LogP contribution in [0.4, 0.5) is 0 Å². The Balaban J connectivity index is 2.74. The molecule has 0 aromatic heterocycles. The predicted octanol–water partition coefficient (Wildman–Crippen LogP) is 3.97. The molecule has 0 saturated heterocycles. The summed E-state index contributed by atoms with van der Waals surface area (Å²) in [6, 6.07) is -1.47. The second-order valence-corrected chi connectivity index (χ2v) is 9.23. The highest BCUT2D eigenvalue weighted by Gasteiger charge is 2.26. The summed E-state index contributed by atoms with van der Waals surface area (Å²) in [7, 11) is 0. The Bertz CT molecular complexity index is 831. The third kappa shape index (κ3) is 9.05. The van der Waals surface area contributed by atoms with E-state index in [0.717, 1.165) is 12.0 Å². The van der Waals surface area contributed by atoms with E-state index < -0.39 is 34.8 Å². The Kier molecular flexibility index (Phi) is 10.2. The van der Waals surface area contributed by atoms with E-state index in [1.165, 1.54) is 30.1 Å². The van der Waals surface area contributed by atoms with Gasteiger partial charge in [0.15, 0.2) is 0 Å². The predicted molar refractivity (Wildman–Crippen MR) is 119 cm³/mol. The maximum atomic E-state index is 11.9. The largest absolute Gasteiger partial charge is 0.772 e. The maximum absolute atomic E-state index is 11.9. The number of rotatable bonds is 9. The lowest BCUT2D eigenvalue weighted by atomic mass is 9.72. The minimum atomic E-state index is -2.56. The van der Waals surface area contributed by atoms with E-state index in [0.29, 0.717) is 5.57 Å². The Hall–Kier alpha value is -2.25. The first kappa shape index (κ1) is 25.8. The second kappa shape index (κ2) is 11.8. The van der Waals surface area contributed by atoms with Crippen molar-refractivity contribution in [1.29, 1.82) is 0 Å². The van der Waals surface area contributed by atoms with Crippen molar-refractivity contribution < 1.29 is 23.5 Å². The molecule has 2 atom stereocenters. The molecule has 2 N–H and O–H groups in total. The van der Waals surface area contributed by atoms with Crippen molar-refractivity contribution in [3.63, 3.8) is 0 Å². The number of aliphatic carboxylic acids is 1. The quantitative estimate of drug-likeness (QED) is 0.324. The minimum Gasteiger partial charge on any atom is -0.772 e. The summed E-state index contributed by atoms with van der Waals surface area (Å²) < 4.78 is 21.3. The van der Waals surface area contributed by atoms with Gasteiger partial charge in [-0.05, 0) is 56.6 Å². The van der Waals surface area contributed by atoms with Gasteiger partial charge in [-0.25, -0.2) is 4.79 Å². The fraction of sp³-hybridized carbons (Fsp3) is 0.478. The zero-order valence-electron chi connectivity index (χ0n) is 18.4. The lowest BCUT2D eigenvalue weighted by Crippen LogP contribution is -2.43. The molecule has 0 aliphatic heterocycles. The number of hydrogen-bond acceptors (Lipinski definition) is 4. The van der Waals surface area contributed by atoms with Gasteiger partial charge in [0.1, 0.15) is 6.04 Å². The summed E-state index contributed by atoms with van der Waals surface area (Å²) in [5.74, 6) is -2.73. The SMILES string of the molecule is CC1=C(/C=C/C(C)=C/C=C/C(C)=C\C(=O)N[C@@H](CS(=O)[O-])C(=O)O)C(C)(C)CCC1. The number of carboxylic acid groups (broad SMARTS) is 1. The minimum absolute atomic E-state index is 0.189. The van der Waals surface area contributed by atoms with Gasteiger partial charge in [-0.2, -0.15) is 0 Å². The molecular weight excluding hydrogens is 402 g/mol. The van der Waals surface area contributed by atoms with Crippen LogP contribution in [0.1, 0.15) is 53.9 Å². The van der Waals surface area contributed by atoms with Crippen LogP contribution in [0.15, 0.2) is 58.7 Å². The molecule has 1 aliphatic rings. The molecule has 1 unspecified atom stereocenters. The number of hydrogen-bond donors (Lipinski definition) is 2. The number of carbonyl (C=O) groups excluding carboxylic acids is 1. The van der Waals surface area contributed by atoms with Gasteiger partial charge in [-0.15, -0.1) is 0 Å². The number of carboxylic acids is 1. The fourth-order valence-corrected chi connectivity index (χ4v) is 3.91. The van der Waals surface area contributed by atoms with Crippen molar-refractivity contribution in [3.05, 3.63) is 58.7 Å². The molecule has 0 aromatic carbocycles. The van der Waals surface area contributed by atoms with Crippen LogP contribution in [-0.4, -0.2) is 37.5 Å². The van der Waals surface area contributed by atoms with Crippen molar-refractivity contribution in [3.8, 4) is 0 Å². The second-order valence-electron chi connectivity index (χ2n) is 8.29. The molecule has 30 heavy (non-hydrogen) atoms. The average molecular weight is 435 g/mol. The van der Waals surface area contributed by atoms with Gasteiger partial charge in [0.2, 0.25) is 5.91 Å². The van der Waals surface area contributed by atoms with Crippen LogP contribution >= 0.6 is 0 Å². The van der Waals surface area contributed by atoms with Crippen molar-refractivity contribution in [1.82, 2.24) is 5.32 Å². The van der Waals surface area contributed by atoms with Crippen LogP contribution in [0.2, 0.25) is 0 Å². The lowest BCUT2D eigenvalue weighted by Gasteiger charge is -2.32. The van der Waals surface area contributed by atoms with Crippen LogP contribution in [0, 0.1) is 5.41 Å². The normalized spacial score (nSPS) is 19.9. The van der Waals surface area contributed by atoms with E-state index in [1.807, 2.05) is 19.1 Å². The number of amides is 1. The highest BCUT2D eigenvalue weighted by Crippen LogP contribution is 2.40. The maximum Gasteiger partial charge on any atom is 0.327 e. The molecule has 0 saturated carbocycles. The van der Waals surface area contributed by atoms with Crippen LogP contribution in [0.3, 0.4) is 0 Å². The molecule has 0 heterocycles. The summed E-state index contributed by atoms with van der Waals surface area (Å²) in [6.45, 7) is 10.4. The van der Waals surface area contributed by atoms with E-state index in [-0.39, 0.29) is 5.41 Å². The van der Waals surface area contributed by atoms with Gasteiger partial charge >= 0.3 is 5.97 Å². The molecule has 1 amide bonds. The van der Waals surface area contributed by atoms with Crippen molar-refractivity contribution in [2.45, 2.75) is 59.9 Å². The summed E-state index contributed by atoms with van der Waals surface area (Å²) >= 11 is -2.56. The molecule has 6 nitrogen and oxygen atoms in total. The monoisotopic (exact) mass is 434 g/mol. The molecule has 0 spiro atoms. The van der Waals surface area contributed by atoms with Crippen molar-refractivity contribution >= 4 is 23.0 Å². The van der Waals surface area contributed by atoms with Gasteiger partial charge in [0.25, 0.3) is 0 Å². The zero-order chi connectivity index (χ0) is 22.9. The smallest absolute Gasteiger partial charge is 0.327 e. The van der Waals surface area contributed by atoms with E-state index in [2.05, 4.69) is 38.2 Å². The molecule has 7 heteroatoms. The molecule has 0 radical (unpaired) electrons. The molecule has 0 bridgehead atoms. The van der Waals surface area contributed by atoms with Crippen molar-refractivity contribution in [2.75, 3.05) is 5.75 Å². The van der Waals surface area contributed by atoms with Gasteiger partial charge < -0.3 is 15.0 Å². The Morgan fingerprint density at radius 2 is 1.93 bits per heavy atom. The fourth-order valence-electron chi connectivity index (χ4n) is 3.41. The molecule has 0 aromatic rings. The molecule has 1 aliphatic carbocycles. The van der Waals surface area contributed by atoms with Gasteiger partial charge in [0, 0.05) is 11.8 Å². The first-order chi connectivity index (χ1) is 13.9.